The number of benzene rings is 1. The summed E-state index contributed by atoms with van der Waals surface area (Å²) >= 11 is 0. The molecule has 6 rings (SSSR count). The van der Waals surface area contributed by atoms with E-state index in [9.17, 15) is 4.79 Å². The molecule has 0 radical (unpaired) electrons. The highest BCUT2D eigenvalue weighted by atomic mass is 16.5. The molecule has 0 aliphatic carbocycles. The Labute approximate surface area is 208 Å². The van der Waals surface area contributed by atoms with Crippen molar-refractivity contribution >= 4 is 28.4 Å². The van der Waals surface area contributed by atoms with Crippen molar-refractivity contribution < 1.29 is 4.74 Å². The number of piperazine rings is 1. The number of hydrogen-bond acceptors (Lipinski definition) is 8. The first kappa shape index (κ1) is 22.4. The quantitative estimate of drug-likeness (QED) is 0.432. The van der Waals surface area contributed by atoms with Crippen LogP contribution in [0.5, 0.6) is 0 Å². The molecular weight excluding hydrogens is 456 g/mol. The Morgan fingerprint density at radius 2 is 2.14 bits per heavy atom. The summed E-state index contributed by atoms with van der Waals surface area (Å²) in [7, 11) is 2.16. The van der Waals surface area contributed by atoms with Gasteiger partial charge in [-0.1, -0.05) is 12.1 Å². The van der Waals surface area contributed by atoms with E-state index >= 15 is 0 Å². The molecule has 0 saturated carbocycles. The summed E-state index contributed by atoms with van der Waals surface area (Å²) in [6.07, 6.45) is 4.93. The topological polar surface area (TPSA) is 93.3 Å². The van der Waals surface area contributed by atoms with E-state index in [0.717, 1.165) is 30.9 Å². The zero-order valence-corrected chi connectivity index (χ0v) is 20.2. The fourth-order valence-corrected chi connectivity index (χ4v) is 5.05. The van der Waals surface area contributed by atoms with Crippen molar-refractivity contribution in [1.82, 2.24) is 29.2 Å². The molecular formula is C26H28N8O2. The Hall–Kier alpha value is -4.02. The minimum atomic E-state index is -0.189. The number of rotatable bonds is 5. The van der Waals surface area contributed by atoms with Gasteiger partial charge in [0, 0.05) is 49.0 Å². The lowest BCUT2D eigenvalue weighted by molar-refractivity contribution is 0.0960. The van der Waals surface area contributed by atoms with Crippen LogP contribution >= 0.6 is 0 Å². The first-order valence-electron chi connectivity index (χ1n) is 12.1. The van der Waals surface area contributed by atoms with Gasteiger partial charge in [0.1, 0.15) is 5.39 Å². The molecule has 1 saturated heterocycles. The van der Waals surface area contributed by atoms with E-state index in [1.807, 2.05) is 24.3 Å². The predicted octanol–water partition coefficient (Wildman–Crippen LogP) is 2.56. The molecule has 0 bridgehead atoms. The highest BCUT2D eigenvalue weighted by Crippen LogP contribution is 2.31. The second kappa shape index (κ2) is 9.21. The van der Waals surface area contributed by atoms with Crippen molar-refractivity contribution in [2.24, 2.45) is 0 Å². The lowest BCUT2D eigenvalue weighted by Crippen LogP contribution is -2.53. The number of hydrogen-bond donors (Lipinski definition) is 1. The fraction of sp³-hybridized carbons (Fsp3) is 0.308. The Morgan fingerprint density at radius 3 is 2.97 bits per heavy atom. The molecule has 2 aliphatic rings. The summed E-state index contributed by atoms with van der Waals surface area (Å²) in [5.74, 6) is 0.995. The summed E-state index contributed by atoms with van der Waals surface area (Å²) in [6, 6.07) is 12.2. The van der Waals surface area contributed by atoms with E-state index in [-0.39, 0.29) is 5.56 Å². The number of ether oxygens (including phenoxy) is 1. The van der Waals surface area contributed by atoms with Crippen molar-refractivity contribution in [1.29, 1.82) is 0 Å². The van der Waals surface area contributed by atoms with Crippen LogP contribution in [0, 0.1) is 0 Å². The minimum absolute atomic E-state index is 0.189. The second-order valence-corrected chi connectivity index (χ2v) is 9.20. The third-order valence-electron chi connectivity index (χ3n) is 6.74. The third kappa shape index (κ3) is 3.94. The second-order valence-electron chi connectivity index (χ2n) is 9.20. The van der Waals surface area contributed by atoms with Crippen molar-refractivity contribution in [2.45, 2.75) is 19.2 Å². The lowest BCUT2D eigenvalue weighted by atomic mass is 10.1. The maximum Gasteiger partial charge on any atom is 0.278 e. The van der Waals surface area contributed by atoms with Gasteiger partial charge in [0.15, 0.2) is 11.5 Å². The zero-order valence-electron chi connectivity index (χ0n) is 20.2. The standard InChI is InChI=1S/C26H28N8O2/c1-3-10-33-25(35)21-14-28-26(30-24(21)34(33)23-6-4-5-9-27-23)29-19-7-8-22-18(13-19)16-36-17-20-15-31(2)11-12-32(20)22/h3-9,13-14,20H,1,10-12,15-17H2,2H3,(H,28,29,30). The molecule has 10 nitrogen and oxygen atoms in total. The van der Waals surface area contributed by atoms with E-state index in [1.165, 1.54) is 5.69 Å². The van der Waals surface area contributed by atoms with Crippen LogP contribution in [0.25, 0.3) is 16.9 Å². The first-order valence-corrected chi connectivity index (χ1v) is 12.1. The number of nitrogens with zero attached hydrogens (tertiary/aromatic N) is 7. The third-order valence-corrected chi connectivity index (χ3v) is 6.74. The number of nitrogens with one attached hydrogen (secondary N) is 1. The van der Waals surface area contributed by atoms with E-state index < -0.39 is 0 Å². The number of likely N-dealkylation sites (N-methyl/N-ethyl adjacent to an activating group) is 1. The summed E-state index contributed by atoms with van der Waals surface area (Å²) in [5.41, 5.74) is 3.51. The SMILES string of the molecule is C=CCn1c(=O)c2cnc(Nc3ccc4c(c3)COCC3CN(C)CCN43)nc2n1-c1ccccn1. The van der Waals surface area contributed by atoms with Crippen molar-refractivity contribution in [3.05, 3.63) is 77.4 Å². The number of anilines is 3. The lowest BCUT2D eigenvalue weighted by Gasteiger charge is -2.40. The summed E-state index contributed by atoms with van der Waals surface area (Å²) < 4.78 is 9.30. The van der Waals surface area contributed by atoms with E-state index in [4.69, 9.17) is 9.72 Å². The normalized spacial score (nSPS) is 17.9. The average Bonchev–Trinajstić information content (AvgIpc) is 3.03. The largest absolute Gasteiger partial charge is 0.375 e. The van der Waals surface area contributed by atoms with Crippen molar-refractivity contribution in [3.63, 3.8) is 0 Å². The smallest absolute Gasteiger partial charge is 0.278 e. The molecule has 10 heteroatoms. The highest BCUT2D eigenvalue weighted by Gasteiger charge is 2.29. The van der Waals surface area contributed by atoms with Gasteiger partial charge in [0.2, 0.25) is 5.95 Å². The van der Waals surface area contributed by atoms with Crippen LogP contribution in [0.15, 0.2) is 66.2 Å². The Bertz CT molecular complexity index is 1480. The maximum atomic E-state index is 13.1. The maximum absolute atomic E-state index is 13.1. The van der Waals surface area contributed by atoms with Crippen LogP contribution in [0.2, 0.25) is 0 Å². The van der Waals surface area contributed by atoms with Gasteiger partial charge >= 0.3 is 0 Å². The Balaban J connectivity index is 1.36. The summed E-state index contributed by atoms with van der Waals surface area (Å²) in [4.78, 5) is 31.4. The van der Waals surface area contributed by atoms with Gasteiger partial charge in [-0.15, -0.1) is 6.58 Å². The van der Waals surface area contributed by atoms with Crippen LogP contribution in [-0.4, -0.2) is 68.5 Å². The summed E-state index contributed by atoms with van der Waals surface area (Å²) in [5, 5.41) is 3.74. The van der Waals surface area contributed by atoms with Gasteiger partial charge in [-0.25, -0.2) is 19.3 Å². The molecule has 0 amide bonds. The van der Waals surface area contributed by atoms with Gasteiger partial charge in [-0.05, 0) is 37.4 Å². The molecule has 3 aromatic heterocycles. The summed E-state index contributed by atoms with van der Waals surface area (Å²) in [6.45, 7) is 8.41. The van der Waals surface area contributed by atoms with Gasteiger partial charge in [0.25, 0.3) is 5.56 Å². The minimum Gasteiger partial charge on any atom is -0.375 e. The predicted molar refractivity (Wildman–Crippen MR) is 139 cm³/mol. The van der Waals surface area contributed by atoms with Crippen LogP contribution < -0.4 is 15.8 Å². The number of allylic oxidation sites excluding steroid dienone is 1. The molecule has 5 heterocycles. The average molecular weight is 485 g/mol. The molecule has 2 aliphatic heterocycles. The molecule has 4 aromatic rings. The first-order chi connectivity index (χ1) is 17.6. The van der Waals surface area contributed by atoms with E-state index in [2.05, 4.69) is 50.8 Å². The zero-order chi connectivity index (χ0) is 24.6. The highest BCUT2D eigenvalue weighted by molar-refractivity contribution is 5.77. The number of fused-ring (bicyclic) bond motifs is 4. The van der Waals surface area contributed by atoms with Crippen LogP contribution in [0.4, 0.5) is 17.3 Å². The molecule has 1 atom stereocenters. The molecule has 36 heavy (non-hydrogen) atoms. The van der Waals surface area contributed by atoms with Crippen LogP contribution in [-0.2, 0) is 17.9 Å². The Morgan fingerprint density at radius 1 is 1.22 bits per heavy atom. The van der Waals surface area contributed by atoms with Crippen LogP contribution in [0.3, 0.4) is 0 Å². The molecule has 1 N–H and O–H groups in total. The molecule has 1 unspecified atom stereocenters. The fourth-order valence-electron chi connectivity index (χ4n) is 5.05. The number of pyridine rings is 1. The van der Waals surface area contributed by atoms with Gasteiger partial charge in [-0.2, -0.15) is 4.98 Å². The van der Waals surface area contributed by atoms with E-state index in [1.54, 1.807) is 27.8 Å². The Kier molecular flexibility index (Phi) is 5.74. The van der Waals surface area contributed by atoms with Crippen LogP contribution in [0.1, 0.15) is 5.56 Å². The van der Waals surface area contributed by atoms with Gasteiger partial charge < -0.3 is 19.9 Å². The monoisotopic (exact) mass is 484 g/mol. The van der Waals surface area contributed by atoms with Gasteiger partial charge in [0.05, 0.1) is 25.8 Å². The molecule has 1 fully saturated rings. The number of aromatic nitrogens is 5. The molecule has 184 valence electrons. The van der Waals surface area contributed by atoms with Crippen molar-refractivity contribution in [2.75, 3.05) is 43.5 Å². The molecule has 0 spiro atoms. The van der Waals surface area contributed by atoms with E-state index in [0.29, 0.717) is 48.6 Å². The molecule has 1 aromatic carbocycles. The van der Waals surface area contributed by atoms with Gasteiger partial charge in [-0.3, -0.25) is 4.79 Å². The van der Waals surface area contributed by atoms with Crippen molar-refractivity contribution in [3.8, 4) is 5.82 Å².